The maximum absolute atomic E-state index is 10.9. The lowest BCUT2D eigenvalue weighted by Gasteiger charge is -2.14. The first-order valence-corrected chi connectivity index (χ1v) is 6.68. The van der Waals surface area contributed by atoms with Gasteiger partial charge < -0.3 is 19.9 Å². The molecule has 5 heteroatoms. The third-order valence-corrected chi connectivity index (χ3v) is 2.88. The van der Waals surface area contributed by atoms with Gasteiger partial charge in [-0.3, -0.25) is 4.79 Å². The molecular weight excluding hydrogens is 258 g/mol. The lowest BCUT2D eigenvalue weighted by molar-refractivity contribution is -0.140. The quantitative estimate of drug-likeness (QED) is 0.553. The van der Waals surface area contributed by atoms with Gasteiger partial charge in [-0.15, -0.1) is 0 Å². The standard InChI is InChI=1S/C15H23NO4/c1-11-4-5-14(12(2)8-11)20-10-13(17)9-16-7-6-15(18)19-3/h4-5,8,13,16-17H,6-7,9-10H2,1-3H3. The number of aliphatic hydroxyl groups is 1. The number of methoxy groups -OCH3 is 1. The van der Waals surface area contributed by atoms with Gasteiger partial charge >= 0.3 is 5.97 Å². The van der Waals surface area contributed by atoms with E-state index in [0.717, 1.165) is 11.3 Å². The van der Waals surface area contributed by atoms with E-state index in [2.05, 4.69) is 10.1 Å². The van der Waals surface area contributed by atoms with Crippen molar-refractivity contribution in [1.82, 2.24) is 5.32 Å². The van der Waals surface area contributed by atoms with Crippen molar-refractivity contribution in [1.29, 1.82) is 0 Å². The van der Waals surface area contributed by atoms with Gasteiger partial charge in [-0.05, 0) is 25.5 Å². The largest absolute Gasteiger partial charge is 0.491 e. The third-order valence-electron chi connectivity index (χ3n) is 2.88. The molecule has 0 aliphatic heterocycles. The minimum atomic E-state index is -0.617. The van der Waals surface area contributed by atoms with Crippen LogP contribution in [0.4, 0.5) is 0 Å². The molecule has 1 aromatic rings. The van der Waals surface area contributed by atoms with E-state index < -0.39 is 6.10 Å². The SMILES string of the molecule is COC(=O)CCNCC(O)COc1ccc(C)cc1C. The number of hydrogen-bond donors (Lipinski definition) is 2. The second-order valence-corrected chi connectivity index (χ2v) is 4.76. The molecule has 1 atom stereocenters. The highest BCUT2D eigenvalue weighted by Gasteiger charge is 2.07. The predicted octanol–water partition coefficient (Wildman–Crippen LogP) is 1.20. The predicted molar refractivity (Wildman–Crippen MR) is 76.9 cm³/mol. The molecular formula is C15H23NO4. The zero-order chi connectivity index (χ0) is 15.0. The van der Waals surface area contributed by atoms with Crippen LogP contribution in [0.5, 0.6) is 5.75 Å². The van der Waals surface area contributed by atoms with E-state index in [9.17, 15) is 9.90 Å². The first-order valence-electron chi connectivity index (χ1n) is 6.68. The molecule has 0 fully saturated rings. The molecule has 1 aromatic carbocycles. The molecule has 1 rings (SSSR count). The summed E-state index contributed by atoms with van der Waals surface area (Å²) in [6.07, 6.45) is -0.324. The van der Waals surface area contributed by atoms with Crippen molar-refractivity contribution in [2.45, 2.75) is 26.4 Å². The van der Waals surface area contributed by atoms with Crippen LogP contribution in [0, 0.1) is 13.8 Å². The Kier molecular flexibility index (Phi) is 7.04. The Morgan fingerprint density at radius 2 is 2.15 bits per heavy atom. The minimum Gasteiger partial charge on any atom is -0.491 e. The highest BCUT2D eigenvalue weighted by atomic mass is 16.5. The number of benzene rings is 1. The van der Waals surface area contributed by atoms with Crippen molar-refractivity contribution in [3.8, 4) is 5.75 Å². The van der Waals surface area contributed by atoms with E-state index in [1.165, 1.54) is 12.7 Å². The number of nitrogens with one attached hydrogen (secondary N) is 1. The van der Waals surface area contributed by atoms with Crippen LogP contribution in [-0.2, 0) is 9.53 Å². The van der Waals surface area contributed by atoms with E-state index in [1.807, 2.05) is 32.0 Å². The van der Waals surface area contributed by atoms with Crippen LogP contribution in [0.2, 0.25) is 0 Å². The lowest BCUT2D eigenvalue weighted by atomic mass is 10.1. The Morgan fingerprint density at radius 1 is 1.40 bits per heavy atom. The summed E-state index contributed by atoms with van der Waals surface area (Å²) >= 11 is 0. The monoisotopic (exact) mass is 281 g/mol. The van der Waals surface area contributed by atoms with Crippen molar-refractivity contribution in [3.05, 3.63) is 29.3 Å². The summed E-state index contributed by atoms with van der Waals surface area (Å²) < 4.78 is 10.1. The fourth-order valence-electron chi connectivity index (χ4n) is 1.77. The van der Waals surface area contributed by atoms with E-state index in [1.54, 1.807) is 0 Å². The topological polar surface area (TPSA) is 67.8 Å². The van der Waals surface area contributed by atoms with Gasteiger partial charge in [0, 0.05) is 13.1 Å². The van der Waals surface area contributed by atoms with E-state index >= 15 is 0 Å². The number of esters is 1. The maximum Gasteiger partial charge on any atom is 0.306 e. The van der Waals surface area contributed by atoms with E-state index in [-0.39, 0.29) is 12.6 Å². The van der Waals surface area contributed by atoms with Crippen LogP contribution in [-0.4, -0.2) is 44.0 Å². The fraction of sp³-hybridized carbons (Fsp3) is 0.533. The highest BCUT2D eigenvalue weighted by Crippen LogP contribution is 2.18. The zero-order valence-electron chi connectivity index (χ0n) is 12.3. The van der Waals surface area contributed by atoms with Gasteiger partial charge in [-0.25, -0.2) is 0 Å². The molecule has 0 bridgehead atoms. The molecule has 5 nitrogen and oxygen atoms in total. The van der Waals surface area contributed by atoms with Crippen LogP contribution < -0.4 is 10.1 Å². The highest BCUT2D eigenvalue weighted by molar-refractivity contribution is 5.69. The number of hydrogen-bond acceptors (Lipinski definition) is 5. The second kappa shape index (κ2) is 8.55. The van der Waals surface area contributed by atoms with E-state index in [0.29, 0.717) is 19.5 Å². The zero-order valence-corrected chi connectivity index (χ0v) is 12.3. The molecule has 1 unspecified atom stereocenters. The molecule has 0 radical (unpaired) electrons. The van der Waals surface area contributed by atoms with Crippen molar-refractivity contribution < 1.29 is 19.4 Å². The fourth-order valence-corrected chi connectivity index (χ4v) is 1.77. The third kappa shape index (κ3) is 6.04. The normalized spacial score (nSPS) is 12.0. The number of ether oxygens (including phenoxy) is 2. The Hall–Kier alpha value is -1.59. The first-order chi connectivity index (χ1) is 9.52. The number of carbonyl (C=O) groups excluding carboxylic acids is 1. The Morgan fingerprint density at radius 3 is 2.80 bits per heavy atom. The number of carbonyl (C=O) groups is 1. The van der Waals surface area contributed by atoms with Gasteiger partial charge in [-0.1, -0.05) is 17.7 Å². The average molecular weight is 281 g/mol. The van der Waals surface area contributed by atoms with Crippen molar-refractivity contribution in [2.75, 3.05) is 26.8 Å². The molecule has 0 aliphatic rings. The Labute approximate surface area is 119 Å². The molecule has 0 aromatic heterocycles. The molecule has 0 spiro atoms. The summed E-state index contributed by atoms with van der Waals surface area (Å²) in [7, 11) is 1.36. The molecule has 0 amide bonds. The van der Waals surface area contributed by atoms with Crippen molar-refractivity contribution >= 4 is 5.97 Å². The maximum atomic E-state index is 10.9. The molecule has 112 valence electrons. The summed E-state index contributed by atoms with van der Waals surface area (Å²) in [6, 6.07) is 5.92. The molecule has 0 saturated carbocycles. The van der Waals surface area contributed by atoms with Crippen molar-refractivity contribution in [2.24, 2.45) is 0 Å². The summed E-state index contributed by atoms with van der Waals surface area (Å²) in [6.45, 7) is 5.07. The molecule has 0 heterocycles. The van der Waals surface area contributed by atoms with Gasteiger partial charge in [0.1, 0.15) is 18.5 Å². The van der Waals surface area contributed by atoms with Gasteiger partial charge in [0.25, 0.3) is 0 Å². The smallest absolute Gasteiger partial charge is 0.306 e. The number of rotatable bonds is 8. The van der Waals surface area contributed by atoms with Gasteiger partial charge in [0.2, 0.25) is 0 Å². The first kappa shape index (κ1) is 16.5. The molecule has 0 saturated heterocycles. The summed E-state index contributed by atoms with van der Waals surface area (Å²) in [5, 5.41) is 12.8. The minimum absolute atomic E-state index is 0.217. The molecule has 0 aliphatic carbocycles. The van der Waals surface area contributed by atoms with Crippen LogP contribution >= 0.6 is 0 Å². The molecule has 20 heavy (non-hydrogen) atoms. The van der Waals surface area contributed by atoms with Crippen LogP contribution in [0.3, 0.4) is 0 Å². The average Bonchev–Trinajstić information content (AvgIpc) is 2.42. The summed E-state index contributed by atoms with van der Waals surface area (Å²) in [4.78, 5) is 10.9. The summed E-state index contributed by atoms with van der Waals surface area (Å²) in [5.74, 6) is 0.516. The second-order valence-electron chi connectivity index (χ2n) is 4.76. The lowest BCUT2D eigenvalue weighted by Crippen LogP contribution is -2.32. The van der Waals surface area contributed by atoms with Gasteiger partial charge in [0.15, 0.2) is 0 Å². The van der Waals surface area contributed by atoms with Crippen molar-refractivity contribution in [3.63, 3.8) is 0 Å². The Balaban J connectivity index is 2.22. The van der Waals surface area contributed by atoms with E-state index in [4.69, 9.17) is 4.74 Å². The molecule has 2 N–H and O–H groups in total. The van der Waals surface area contributed by atoms with Crippen LogP contribution in [0.1, 0.15) is 17.5 Å². The van der Waals surface area contributed by atoms with Gasteiger partial charge in [-0.2, -0.15) is 0 Å². The van der Waals surface area contributed by atoms with Crippen LogP contribution in [0.25, 0.3) is 0 Å². The number of aryl methyl sites for hydroxylation is 2. The Bertz CT molecular complexity index is 434. The van der Waals surface area contributed by atoms with Crippen LogP contribution in [0.15, 0.2) is 18.2 Å². The summed E-state index contributed by atoms with van der Waals surface area (Å²) in [5.41, 5.74) is 2.23. The number of aliphatic hydroxyl groups excluding tert-OH is 1. The van der Waals surface area contributed by atoms with Gasteiger partial charge in [0.05, 0.1) is 13.5 Å².